The number of para-hydroxylation sites is 2. The highest BCUT2D eigenvalue weighted by atomic mass is 32.1. The molecular weight excluding hydrogens is 353 g/mol. The average molecular weight is 367 g/mol. The standard InChI is InChI=1S/C18H14FN5OS/c1-11-22-23-18(26-11)21-16(25)10-24-15-9-5-4-8-14(15)20-17(24)12-6-2-3-7-13(12)19/h2-9H,10H2,1H3,(H,21,23,25). The van der Waals surface area contributed by atoms with Crippen molar-refractivity contribution in [2.75, 3.05) is 5.32 Å². The molecule has 8 heteroatoms. The molecule has 0 spiro atoms. The molecule has 0 aliphatic carbocycles. The number of nitrogens with one attached hydrogen (secondary N) is 1. The molecule has 4 rings (SSSR count). The van der Waals surface area contributed by atoms with Crippen LogP contribution in [0.1, 0.15) is 5.01 Å². The molecule has 6 nitrogen and oxygen atoms in total. The molecule has 0 bridgehead atoms. The molecule has 1 amide bonds. The van der Waals surface area contributed by atoms with Crippen LogP contribution in [-0.2, 0) is 11.3 Å². The summed E-state index contributed by atoms with van der Waals surface area (Å²) in [5, 5.41) is 11.7. The maximum Gasteiger partial charge on any atom is 0.246 e. The zero-order valence-corrected chi connectivity index (χ0v) is 14.6. The minimum Gasteiger partial charge on any atom is -0.314 e. The second kappa shape index (κ2) is 6.64. The van der Waals surface area contributed by atoms with Gasteiger partial charge < -0.3 is 4.57 Å². The second-order valence-corrected chi connectivity index (χ2v) is 6.85. The molecule has 26 heavy (non-hydrogen) atoms. The summed E-state index contributed by atoms with van der Waals surface area (Å²) in [5.74, 6) is -0.251. The first-order valence-electron chi connectivity index (χ1n) is 7.92. The van der Waals surface area contributed by atoms with E-state index in [0.717, 1.165) is 10.5 Å². The van der Waals surface area contributed by atoms with Gasteiger partial charge in [-0.3, -0.25) is 10.1 Å². The molecule has 130 valence electrons. The van der Waals surface area contributed by atoms with Crippen molar-refractivity contribution in [2.45, 2.75) is 13.5 Å². The summed E-state index contributed by atoms with van der Waals surface area (Å²) in [5.41, 5.74) is 1.81. The van der Waals surface area contributed by atoms with E-state index in [4.69, 9.17) is 0 Å². The Hall–Kier alpha value is -3.13. The lowest BCUT2D eigenvalue weighted by Crippen LogP contribution is -2.19. The van der Waals surface area contributed by atoms with Gasteiger partial charge in [-0.2, -0.15) is 0 Å². The number of aromatic nitrogens is 4. The smallest absolute Gasteiger partial charge is 0.246 e. The summed E-state index contributed by atoms with van der Waals surface area (Å²) in [6.45, 7) is 1.80. The summed E-state index contributed by atoms with van der Waals surface area (Å²) >= 11 is 1.30. The molecule has 0 radical (unpaired) electrons. The highest BCUT2D eigenvalue weighted by molar-refractivity contribution is 7.15. The molecule has 4 aromatic rings. The normalized spacial score (nSPS) is 11.0. The van der Waals surface area contributed by atoms with Crippen molar-refractivity contribution in [2.24, 2.45) is 0 Å². The van der Waals surface area contributed by atoms with E-state index in [1.54, 1.807) is 22.8 Å². The maximum absolute atomic E-state index is 14.3. The minimum absolute atomic E-state index is 0.0111. The number of fused-ring (bicyclic) bond motifs is 1. The van der Waals surface area contributed by atoms with Gasteiger partial charge >= 0.3 is 0 Å². The molecule has 0 unspecified atom stereocenters. The number of anilines is 1. The van der Waals surface area contributed by atoms with Crippen molar-refractivity contribution in [3.63, 3.8) is 0 Å². The number of nitrogens with zero attached hydrogens (tertiary/aromatic N) is 4. The fourth-order valence-electron chi connectivity index (χ4n) is 2.73. The largest absolute Gasteiger partial charge is 0.314 e. The quantitative estimate of drug-likeness (QED) is 0.598. The third-order valence-corrected chi connectivity index (χ3v) is 4.60. The van der Waals surface area contributed by atoms with Crippen LogP contribution in [0.4, 0.5) is 9.52 Å². The van der Waals surface area contributed by atoms with Crippen molar-refractivity contribution in [3.05, 3.63) is 59.4 Å². The van der Waals surface area contributed by atoms with Crippen LogP contribution in [0.2, 0.25) is 0 Å². The van der Waals surface area contributed by atoms with E-state index in [9.17, 15) is 9.18 Å². The van der Waals surface area contributed by atoms with Crippen LogP contribution in [0.3, 0.4) is 0 Å². The van der Waals surface area contributed by atoms with E-state index in [-0.39, 0.29) is 18.3 Å². The van der Waals surface area contributed by atoms with E-state index in [0.29, 0.717) is 22.0 Å². The molecule has 0 fully saturated rings. The van der Waals surface area contributed by atoms with Gasteiger partial charge in [0.15, 0.2) is 0 Å². The monoisotopic (exact) mass is 367 g/mol. The van der Waals surface area contributed by atoms with Gasteiger partial charge in [-0.15, -0.1) is 10.2 Å². The predicted molar refractivity (Wildman–Crippen MR) is 98.4 cm³/mol. The molecule has 1 N–H and O–H groups in total. The van der Waals surface area contributed by atoms with E-state index >= 15 is 0 Å². The topological polar surface area (TPSA) is 72.7 Å². The van der Waals surface area contributed by atoms with E-state index in [1.165, 1.54) is 17.4 Å². The van der Waals surface area contributed by atoms with Crippen LogP contribution in [0, 0.1) is 12.7 Å². The van der Waals surface area contributed by atoms with Crippen LogP contribution < -0.4 is 5.32 Å². The molecule has 2 aromatic heterocycles. The Bertz CT molecular complexity index is 1100. The molecule has 0 aliphatic heterocycles. The first kappa shape index (κ1) is 16.3. The number of hydrogen-bond donors (Lipinski definition) is 1. The highest BCUT2D eigenvalue weighted by Crippen LogP contribution is 2.27. The lowest BCUT2D eigenvalue weighted by molar-refractivity contribution is -0.116. The van der Waals surface area contributed by atoms with Crippen LogP contribution in [0.5, 0.6) is 0 Å². The van der Waals surface area contributed by atoms with Crippen LogP contribution in [-0.4, -0.2) is 25.7 Å². The number of amides is 1. The van der Waals surface area contributed by atoms with Crippen LogP contribution in [0.25, 0.3) is 22.4 Å². The summed E-state index contributed by atoms with van der Waals surface area (Å²) in [4.78, 5) is 17.0. The number of hydrogen-bond acceptors (Lipinski definition) is 5. The maximum atomic E-state index is 14.3. The Balaban J connectivity index is 1.74. The van der Waals surface area contributed by atoms with Crippen molar-refractivity contribution in [1.29, 1.82) is 0 Å². The van der Waals surface area contributed by atoms with Crippen LogP contribution in [0.15, 0.2) is 48.5 Å². The van der Waals surface area contributed by atoms with Gasteiger partial charge in [0.2, 0.25) is 11.0 Å². The minimum atomic E-state index is -0.385. The number of carbonyl (C=O) groups is 1. The first-order chi connectivity index (χ1) is 12.6. The molecule has 0 saturated heterocycles. The van der Waals surface area contributed by atoms with Crippen molar-refractivity contribution < 1.29 is 9.18 Å². The third kappa shape index (κ3) is 3.06. The van der Waals surface area contributed by atoms with Crippen LogP contribution >= 0.6 is 11.3 Å². The van der Waals surface area contributed by atoms with E-state index < -0.39 is 0 Å². The molecule has 0 atom stereocenters. The molecule has 0 saturated carbocycles. The number of imidazole rings is 1. The van der Waals surface area contributed by atoms with Gasteiger partial charge in [-0.25, -0.2) is 9.37 Å². The summed E-state index contributed by atoms with van der Waals surface area (Å²) in [6.07, 6.45) is 0. The zero-order valence-electron chi connectivity index (χ0n) is 13.8. The van der Waals surface area contributed by atoms with Crippen molar-refractivity contribution >= 4 is 33.4 Å². The zero-order chi connectivity index (χ0) is 18.1. The van der Waals surface area contributed by atoms with Gasteiger partial charge in [0.05, 0.1) is 16.6 Å². The fraction of sp³-hybridized carbons (Fsp3) is 0.111. The highest BCUT2D eigenvalue weighted by Gasteiger charge is 2.18. The Morgan fingerprint density at radius 3 is 2.69 bits per heavy atom. The van der Waals surface area contributed by atoms with Gasteiger partial charge in [0.1, 0.15) is 23.2 Å². The molecule has 0 aliphatic rings. The summed E-state index contributed by atoms with van der Waals surface area (Å²) < 4.78 is 16.0. The number of rotatable bonds is 4. The Kier molecular flexibility index (Phi) is 4.18. The molecule has 2 heterocycles. The SMILES string of the molecule is Cc1nnc(NC(=O)Cn2c(-c3ccccc3F)nc3ccccc32)s1. The first-order valence-corrected chi connectivity index (χ1v) is 8.73. The Morgan fingerprint density at radius 2 is 1.92 bits per heavy atom. The van der Waals surface area contributed by atoms with E-state index in [1.807, 2.05) is 31.2 Å². The molecule has 2 aromatic carbocycles. The predicted octanol–water partition coefficient (Wildman–Crippen LogP) is 3.64. The Morgan fingerprint density at radius 1 is 1.15 bits per heavy atom. The summed E-state index contributed by atoms with van der Waals surface area (Å²) in [6, 6.07) is 13.8. The number of halogens is 1. The average Bonchev–Trinajstić information content (AvgIpc) is 3.19. The fourth-order valence-corrected chi connectivity index (χ4v) is 3.34. The van der Waals surface area contributed by atoms with Crippen molar-refractivity contribution in [1.82, 2.24) is 19.7 Å². The van der Waals surface area contributed by atoms with Gasteiger partial charge in [-0.1, -0.05) is 35.6 Å². The molecular formula is C18H14FN5OS. The van der Waals surface area contributed by atoms with E-state index in [2.05, 4.69) is 20.5 Å². The van der Waals surface area contributed by atoms with Gasteiger partial charge in [0.25, 0.3) is 0 Å². The van der Waals surface area contributed by atoms with Crippen molar-refractivity contribution in [3.8, 4) is 11.4 Å². The van der Waals surface area contributed by atoms with Gasteiger partial charge in [-0.05, 0) is 31.2 Å². The third-order valence-electron chi connectivity index (χ3n) is 3.84. The lowest BCUT2D eigenvalue weighted by atomic mass is 10.2. The number of aryl methyl sites for hydroxylation is 1. The Labute approximate surface area is 152 Å². The number of carbonyl (C=O) groups excluding carboxylic acids is 1. The summed E-state index contributed by atoms with van der Waals surface area (Å²) in [7, 11) is 0. The second-order valence-electron chi connectivity index (χ2n) is 5.66. The van der Waals surface area contributed by atoms with Gasteiger partial charge in [0, 0.05) is 0 Å². The number of benzene rings is 2. The lowest BCUT2D eigenvalue weighted by Gasteiger charge is -2.09.